The highest BCUT2D eigenvalue weighted by Gasteiger charge is 2.23. The van der Waals surface area contributed by atoms with Gasteiger partial charge in [-0.05, 0) is 41.8 Å². The maximum Gasteiger partial charge on any atom is 0.144 e. The van der Waals surface area contributed by atoms with Crippen LogP contribution in [-0.4, -0.2) is 17.3 Å². The molecule has 5 heteroatoms. The van der Waals surface area contributed by atoms with E-state index >= 15 is 0 Å². The van der Waals surface area contributed by atoms with Crippen molar-refractivity contribution >= 4 is 28.5 Å². The third-order valence-corrected chi connectivity index (χ3v) is 5.22. The smallest absolute Gasteiger partial charge is 0.144 e. The van der Waals surface area contributed by atoms with Gasteiger partial charge in [-0.15, -0.1) is 11.3 Å². The van der Waals surface area contributed by atoms with Gasteiger partial charge in [0.1, 0.15) is 11.6 Å². The number of ketones is 1. The van der Waals surface area contributed by atoms with Gasteiger partial charge in [-0.3, -0.25) is 4.79 Å². The summed E-state index contributed by atoms with van der Waals surface area (Å²) < 4.78 is 13.8. The number of halogens is 1. The zero-order chi connectivity index (χ0) is 17.2. The molecule has 126 valence electrons. The number of fused-ring (bicyclic) bond motifs is 1. The van der Waals surface area contributed by atoms with Gasteiger partial charge in [0.15, 0.2) is 0 Å². The number of carbonyl (C=O) groups is 1. The number of para-hydroxylation sites is 1. The minimum atomic E-state index is -0.312. The molecule has 4 rings (SSSR count). The second-order valence-electron chi connectivity index (χ2n) is 6.12. The monoisotopic (exact) mass is 352 g/mol. The van der Waals surface area contributed by atoms with Crippen LogP contribution in [0.1, 0.15) is 16.1 Å². The van der Waals surface area contributed by atoms with Crippen LogP contribution in [0, 0.1) is 5.82 Å². The van der Waals surface area contributed by atoms with Gasteiger partial charge in [-0.1, -0.05) is 18.2 Å². The normalized spacial score (nSPS) is 13.1. The van der Waals surface area contributed by atoms with Crippen LogP contribution in [0.2, 0.25) is 0 Å². The fourth-order valence-electron chi connectivity index (χ4n) is 3.33. The SMILES string of the molecule is O=C(Cc1nccs1)Cc1cc(F)ccc1N1CCc2ccccc21. The van der Waals surface area contributed by atoms with Crippen LogP contribution in [0.15, 0.2) is 54.0 Å². The van der Waals surface area contributed by atoms with Gasteiger partial charge in [0, 0.05) is 35.9 Å². The molecule has 1 aromatic heterocycles. The Morgan fingerprint density at radius 3 is 2.88 bits per heavy atom. The van der Waals surface area contributed by atoms with E-state index < -0.39 is 0 Å². The van der Waals surface area contributed by atoms with Gasteiger partial charge in [0.25, 0.3) is 0 Å². The average molecular weight is 352 g/mol. The lowest BCUT2D eigenvalue weighted by molar-refractivity contribution is -0.117. The molecular formula is C20H17FN2OS. The Bertz CT molecular complexity index is 908. The predicted molar refractivity (Wildman–Crippen MR) is 98.1 cm³/mol. The van der Waals surface area contributed by atoms with Crippen molar-refractivity contribution in [2.75, 3.05) is 11.4 Å². The molecule has 0 aliphatic carbocycles. The molecule has 2 heterocycles. The molecule has 0 saturated carbocycles. The number of Topliss-reactive ketones (excluding diaryl/α,β-unsaturated/α-hetero) is 1. The van der Waals surface area contributed by atoms with Crippen molar-refractivity contribution in [1.82, 2.24) is 4.98 Å². The van der Waals surface area contributed by atoms with Crippen LogP contribution in [0.4, 0.5) is 15.8 Å². The van der Waals surface area contributed by atoms with Crippen molar-refractivity contribution in [3.8, 4) is 0 Å². The summed E-state index contributed by atoms with van der Waals surface area (Å²) in [4.78, 5) is 18.8. The summed E-state index contributed by atoms with van der Waals surface area (Å²) in [5.74, 6) is -0.262. The van der Waals surface area contributed by atoms with E-state index in [9.17, 15) is 9.18 Å². The van der Waals surface area contributed by atoms with E-state index in [-0.39, 0.29) is 18.0 Å². The fourth-order valence-corrected chi connectivity index (χ4v) is 3.98. The second kappa shape index (κ2) is 6.76. The van der Waals surface area contributed by atoms with Gasteiger partial charge in [0.05, 0.1) is 11.4 Å². The Morgan fingerprint density at radius 2 is 2.04 bits per heavy atom. The number of benzene rings is 2. The minimum Gasteiger partial charge on any atom is -0.341 e. The summed E-state index contributed by atoms with van der Waals surface area (Å²) in [5, 5.41) is 2.66. The van der Waals surface area contributed by atoms with Crippen molar-refractivity contribution < 1.29 is 9.18 Å². The quantitative estimate of drug-likeness (QED) is 0.685. The van der Waals surface area contributed by atoms with E-state index in [1.54, 1.807) is 12.3 Å². The number of rotatable bonds is 5. The van der Waals surface area contributed by atoms with Crippen molar-refractivity contribution in [2.45, 2.75) is 19.3 Å². The summed E-state index contributed by atoms with van der Waals surface area (Å²) >= 11 is 1.47. The van der Waals surface area contributed by atoms with Crippen molar-refractivity contribution in [3.63, 3.8) is 0 Å². The Labute approximate surface area is 149 Å². The lowest BCUT2D eigenvalue weighted by atomic mass is 10.0. The molecule has 0 fully saturated rings. The Balaban J connectivity index is 1.62. The molecule has 0 amide bonds. The van der Waals surface area contributed by atoms with Crippen LogP contribution in [-0.2, 0) is 24.1 Å². The van der Waals surface area contributed by atoms with E-state index in [0.717, 1.165) is 34.9 Å². The first-order valence-electron chi connectivity index (χ1n) is 8.24. The molecule has 1 aliphatic rings. The van der Waals surface area contributed by atoms with Crippen LogP contribution >= 0.6 is 11.3 Å². The summed E-state index contributed by atoms with van der Waals surface area (Å²) in [6.07, 6.45) is 3.16. The van der Waals surface area contributed by atoms with Crippen LogP contribution < -0.4 is 4.90 Å². The zero-order valence-electron chi connectivity index (χ0n) is 13.6. The molecule has 0 atom stereocenters. The van der Waals surface area contributed by atoms with E-state index in [1.165, 1.54) is 29.0 Å². The zero-order valence-corrected chi connectivity index (χ0v) is 14.4. The molecule has 0 spiro atoms. The Kier molecular flexibility index (Phi) is 4.32. The van der Waals surface area contributed by atoms with Gasteiger partial charge in [0.2, 0.25) is 0 Å². The highest BCUT2D eigenvalue weighted by molar-refractivity contribution is 7.09. The molecule has 25 heavy (non-hydrogen) atoms. The topological polar surface area (TPSA) is 33.2 Å². The number of nitrogens with zero attached hydrogens (tertiary/aromatic N) is 2. The molecule has 0 N–H and O–H groups in total. The van der Waals surface area contributed by atoms with E-state index in [2.05, 4.69) is 22.0 Å². The maximum atomic E-state index is 13.8. The predicted octanol–water partition coefficient (Wildman–Crippen LogP) is 4.33. The van der Waals surface area contributed by atoms with Crippen molar-refractivity contribution in [1.29, 1.82) is 0 Å². The lowest BCUT2D eigenvalue weighted by Crippen LogP contribution is -2.17. The van der Waals surface area contributed by atoms with Gasteiger partial charge in [-0.2, -0.15) is 0 Å². The standard InChI is InChI=1S/C20H17FN2OS/c21-16-5-6-19(23-9-7-14-3-1-2-4-18(14)23)15(11-16)12-17(24)13-20-22-8-10-25-20/h1-6,8,10-11H,7,9,12-13H2. The van der Waals surface area contributed by atoms with Crippen LogP contribution in [0.3, 0.4) is 0 Å². The van der Waals surface area contributed by atoms with Crippen LogP contribution in [0.5, 0.6) is 0 Å². The summed E-state index contributed by atoms with van der Waals surface area (Å²) in [6.45, 7) is 0.846. The van der Waals surface area contributed by atoms with Crippen molar-refractivity contribution in [3.05, 3.63) is 76.0 Å². The maximum absolute atomic E-state index is 13.8. The first-order valence-corrected chi connectivity index (χ1v) is 9.12. The molecule has 3 aromatic rings. The van der Waals surface area contributed by atoms with Gasteiger partial charge >= 0.3 is 0 Å². The molecule has 0 radical (unpaired) electrons. The summed E-state index contributed by atoms with van der Waals surface area (Å²) in [6, 6.07) is 13.0. The molecule has 1 aliphatic heterocycles. The highest BCUT2D eigenvalue weighted by atomic mass is 32.1. The first kappa shape index (κ1) is 16.0. The number of anilines is 2. The number of carbonyl (C=O) groups excluding carboxylic acids is 1. The summed E-state index contributed by atoms with van der Waals surface area (Å²) in [7, 11) is 0. The number of aromatic nitrogens is 1. The number of hydrogen-bond acceptors (Lipinski definition) is 4. The van der Waals surface area contributed by atoms with Crippen molar-refractivity contribution in [2.24, 2.45) is 0 Å². The second-order valence-corrected chi connectivity index (χ2v) is 7.10. The van der Waals surface area contributed by atoms with E-state index in [4.69, 9.17) is 0 Å². The molecule has 2 aromatic carbocycles. The molecule has 0 unspecified atom stereocenters. The Morgan fingerprint density at radius 1 is 1.16 bits per heavy atom. The lowest BCUT2D eigenvalue weighted by Gasteiger charge is -2.23. The molecule has 0 saturated heterocycles. The summed E-state index contributed by atoms with van der Waals surface area (Å²) in [5.41, 5.74) is 4.08. The average Bonchev–Trinajstić information content (AvgIpc) is 3.25. The third-order valence-electron chi connectivity index (χ3n) is 4.44. The number of thiazole rings is 1. The minimum absolute atomic E-state index is 0.0503. The fraction of sp³-hybridized carbons (Fsp3) is 0.200. The Hall–Kier alpha value is -2.53. The number of hydrogen-bond donors (Lipinski definition) is 0. The molecule has 0 bridgehead atoms. The third kappa shape index (κ3) is 3.33. The first-order chi connectivity index (χ1) is 12.2. The highest BCUT2D eigenvalue weighted by Crippen LogP contribution is 2.36. The van der Waals surface area contributed by atoms with E-state index in [0.29, 0.717) is 6.42 Å². The molecular weight excluding hydrogens is 335 g/mol. The largest absolute Gasteiger partial charge is 0.341 e. The van der Waals surface area contributed by atoms with Crippen LogP contribution in [0.25, 0.3) is 0 Å². The van der Waals surface area contributed by atoms with Gasteiger partial charge in [-0.25, -0.2) is 9.37 Å². The van der Waals surface area contributed by atoms with E-state index in [1.807, 2.05) is 17.5 Å². The molecule has 3 nitrogen and oxygen atoms in total. The van der Waals surface area contributed by atoms with Gasteiger partial charge < -0.3 is 4.90 Å².